The van der Waals surface area contributed by atoms with Crippen LogP contribution in [0.4, 0.5) is 0 Å². The first-order valence-corrected chi connectivity index (χ1v) is 5.64. The molecule has 0 unspecified atom stereocenters. The molecule has 0 amide bonds. The van der Waals surface area contributed by atoms with Crippen molar-refractivity contribution in [2.75, 3.05) is 0 Å². The topological polar surface area (TPSA) is 42.4 Å². The molecule has 18 heavy (non-hydrogen) atoms. The summed E-state index contributed by atoms with van der Waals surface area (Å²) < 4.78 is 5.80. The van der Waals surface area contributed by atoms with Crippen LogP contribution in [-0.4, -0.2) is 10.1 Å². The van der Waals surface area contributed by atoms with Crippen LogP contribution in [-0.2, 0) is 0 Å². The van der Waals surface area contributed by atoms with Gasteiger partial charge in [-0.25, -0.2) is 0 Å². The van der Waals surface area contributed by atoms with Gasteiger partial charge in [-0.05, 0) is 36.4 Å². The molecule has 0 radical (unpaired) electrons. The van der Waals surface area contributed by atoms with Gasteiger partial charge in [-0.3, -0.25) is 4.98 Å². The molecule has 0 atom stereocenters. The van der Waals surface area contributed by atoms with E-state index >= 15 is 0 Å². The summed E-state index contributed by atoms with van der Waals surface area (Å²) in [7, 11) is 0. The molecule has 3 heteroatoms. The first-order chi connectivity index (χ1) is 8.84. The van der Waals surface area contributed by atoms with Gasteiger partial charge < -0.3 is 9.84 Å². The molecule has 0 fully saturated rings. The van der Waals surface area contributed by atoms with Crippen LogP contribution in [0, 0.1) is 0 Å². The highest BCUT2D eigenvalue weighted by molar-refractivity contribution is 5.89. The molecule has 1 aromatic heterocycles. The fourth-order valence-electron chi connectivity index (χ4n) is 1.84. The van der Waals surface area contributed by atoms with Crippen molar-refractivity contribution in [1.29, 1.82) is 0 Å². The number of aromatic nitrogens is 1. The fourth-order valence-corrected chi connectivity index (χ4v) is 1.84. The normalized spacial score (nSPS) is 10.4. The lowest BCUT2D eigenvalue weighted by atomic mass is 10.2. The minimum absolute atomic E-state index is 0.158. The van der Waals surface area contributed by atoms with Gasteiger partial charge in [0, 0.05) is 11.6 Å². The molecule has 1 N–H and O–H groups in total. The monoisotopic (exact) mass is 237 g/mol. The van der Waals surface area contributed by atoms with Gasteiger partial charge >= 0.3 is 0 Å². The van der Waals surface area contributed by atoms with E-state index in [2.05, 4.69) is 4.98 Å². The van der Waals surface area contributed by atoms with Crippen LogP contribution in [0.1, 0.15) is 0 Å². The Morgan fingerprint density at radius 2 is 1.72 bits per heavy atom. The maximum atomic E-state index is 9.74. The largest absolute Gasteiger partial charge is 0.506 e. The first-order valence-electron chi connectivity index (χ1n) is 5.64. The summed E-state index contributed by atoms with van der Waals surface area (Å²) in [6.07, 6.45) is 1.65. The zero-order valence-corrected chi connectivity index (χ0v) is 9.58. The van der Waals surface area contributed by atoms with E-state index in [4.69, 9.17) is 4.74 Å². The van der Waals surface area contributed by atoms with Crippen molar-refractivity contribution in [2.24, 2.45) is 0 Å². The minimum atomic E-state index is 0.158. The third-order valence-corrected chi connectivity index (χ3v) is 2.68. The van der Waals surface area contributed by atoms with E-state index < -0.39 is 0 Å². The summed E-state index contributed by atoms with van der Waals surface area (Å²) in [5.74, 6) is 1.60. The molecule has 0 bridgehead atoms. The van der Waals surface area contributed by atoms with Crippen molar-refractivity contribution in [3.05, 3.63) is 60.8 Å². The van der Waals surface area contributed by atoms with Gasteiger partial charge in [-0.1, -0.05) is 18.2 Å². The standard InChI is InChI=1S/C15H11NO2/c17-13-8-9-14(12-7-4-10-16-15(12)13)18-11-5-2-1-3-6-11/h1-10,17H. The highest BCUT2D eigenvalue weighted by Crippen LogP contribution is 2.33. The van der Waals surface area contributed by atoms with Crippen LogP contribution < -0.4 is 4.74 Å². The van der Waals surface area contributed by atoms with E-state index in [9.17, 15) is 5.11 Å². The SMILES string of the molecule is Oc1ccc(Oc2ccccc2)c2cccnc12. The molecule has 1 heterocycles. The Morgan fingerprint density at radius 3 is 2.56 bits per heavy atom. The van der Waals surface area contributed by atoms with Crippen molar-refractivity contribution in [1.82, 2.24) is 4.98 Å². The van der Waals surface area contributed by atoms with Crippen LogP contribution in [0.3, 0.4) is 0 Å². The summed E-state index contributed by atoms with van der Waals surface area (Å²) in [5.41, 5.74) is 0.547. The molecule has 3 aromatic rings. The molecule has 3 rings (SSSR count). The lowest BCUT2D eigenvalue weighted by molar-refractivity contribution is 0.472. The molecule has 3 nitrogen and oxygen atoms in total. The Bertz CT molecular complexity index is 680. The third kappa shape index (κ3) is 1.86. The van der Waals surface area contributed by atoms with E-state index in [1.165, 1.54) is 0 Å². The zero-order valence-electron chi connectivity index (χ0n) is 9.58. The highest BCUT2D eigenvalue weighted by Gasteiger charge is 2.07. The van der Waals surface area contributed by atoms with E-state index in [1.807, 2.05) is 42.5 Å². The number of aromatic hydroxyl groups is 1. The predicted molar refractivity (Wildman–Crippen MR) is 69.9 cm³/mol. The van der Waals surface area contributed by atoms with Crippen LogP contribution in [0.2, 0.25) is 0 Å². The summed E-state index contributed by atoms with van der Waals surface area (Å²) in [6.45, 7) is 0. The number of para-hydroxylation sites is 1. The van der Waals surface area contributed by atoms with Crippen LogP contribution in [0.25, 0.3) is 10.9 Å². The molecular formula is C15H11NO2. The maximum absolute atomic E-state index is 9.74. The minimum Gasteiger partial charge on any atom is -0.506 e. The Balaban J connectivity index is 2.10. The first kappa shape index (κ1) is 10.6. The zero-order chi connectivity index (χ0) is 12.4. The highest BCUT2D eigenvalue weighted by atomic mass is 16.5. The van der Waals surface area contributed by atoms with Gasteiger partial charge in [0.1, 0.15) is 22.8 Å². The van der Waals surface area contributed by atoms with Gasteiger partial charge in [-0.2, -0.15) is 0 Å². The Kier molecular flexibility index (Phi) is 2.57. The number of phenolic OH excluding ortho intramolecular Hbond substituents is 1. The van der Waals surface area contributed by atoms with Gasteiger partial charge in [0.25, 0.3) is 0 Å². The number of ether oxygens (including phenoxy) is 1. The average molecular weight is 237 g/mol. The summed E-state index contributed by atoms with van der Waals surface area (Å²) in [6, 6.07) is 16.6. The number of rotatable bonds is 2. The molecule has 0 aliphatic carbocycles. The summed E-state index contributed by atoms with van der Waals surface area (Å²) in [5, 5.41) is 10.5. The van der Waals surface area contributed by atoms with Gasteiger partial charge in [-0.15, -0.1) is 0 Å². The second kappa shape index (κ2) is 4.37. The van der Waals surface area contributed by atoms with Crippen molar-refractivity contribution in [3.63, 3.8) is 0 Å². The number of benzene rings is 2. The van der Waals surface area contributed by atoms with Gasteiger partial charge in [0.05, 0.1) is 0 Å². The summed E-state index contributed by atoms with van der Waals surface area (Å²) >= 11 is 0. The molecule has 0 saturated carbocycles. The number of fused-ring (bicyclic) bond motifs is 1. The van der Waals surface area contributed by atoms with E-state index in [1.54, 1.807) is 18.3 Å². The van der Waals surface area contributed by atoms with Crippen molar-refractivity contribution >= 4 is 10.9 Å². The average Bonchev–Trinajstić information content (AvgIpc) is 2.44. The van der Waals surface area contributed by atoms with E-state index in [0.717, 1.165) is 11.1 Å². The van der Waals surface area contributed by atoms with Gasteiger partial charge in [0.2, 0.25) is 0 Å². The van der Waals surface area contributed by atoms with Crippen LogP contribution >= 0.6 is 0 Å². The van der Waals surface area contributed by atoms with Crippen molar-refractivity contribution in [2.45, 2.75) is 0 Å². The molecule has 0 spiro atoms. The third-order valence-electron chi connectivity index (χ3n) is 2.68. The number of phenols is 1. The van der Waals surface area contributed by atoms with E-state index in [0.29, 0.717) is 11.3 Å². The predicted octanol–water partition coefficient (Wildman–Crippen LogP) is 3.73. The molecular weight excluding hydrogens is 226 g/mol. The molecule has 0 saturated heterocycles. The smallest absolute Gasteiger partial charge is 0.142 e. The van der Waals surface area contributed by atoms with Gasteiger partial charge in [0.15, 0.2) is 0 Å². The van der Waals surface area contributed by atoms with E-state index in [-0.39, 0.29) is 5.75 Å². The Labute approximate surface area is 104 Å². The van der Waals surface area contributed by atoms with Crippen LogP contribution in [0.5, 0.6) is 17.2 Å². The molecule has 0 aliphatic heterocycles. The van der Waals surface area contributed by atoms with Crippen LogP contribution in [0.15, 0.2) is 60.8 Å². The van der Waals surface area contributed by atoms with Crippen molar-refractivity contribution < 1.29 is 9.84 Å². The fraction of sp³-hybridized carbons (Fsp3) is 0. The molecule has 0 aliphatic rings. The lowest BCUT2D eigenvalue weighted by Gasteiger charge is -2.09. The second-order valence-electron chi connectivity index (χ2n) is 3.90. The number of pyridine rings is 1. The second-order valence-corrected chi connectivity index (χ2v) is 3.90. The number of hydrogen-bond acceptors (Lipinski definition) is 3. The number of hydrogen-bond donors (Lipinski definition) is 1. The maximum Gasteiger partial charge on any atom is 0.142 e. The Hall–Kier alpha value is -2.55. The Morgan fingerprint density at radius 1 is 0.889 bits per heavy atom. The summed E-state index contributed by atoms with van der Waals surface area (Å²) in [4.78, 5) is 4.15. The molecule has 88 valence electrons. The molecule has 2 aromatic carbocycles. The quantitative estimate of drug-likeness (QED) is 0.738. The number of nitrogens with zero attached hydrogens (tertiary/aromatic N) is 1. The van der Waals surface area contributed by atoms with Crippen molar-refractivity contribution in [3.8, 4) is 17.2 Å². The lowest BCUT2D eigenvalue weighted by Crippen LogP contribution is -1.87.